The molecule has 62 valence electrons. The highest BCUT2D eigenvalue weighted by Crippen LogP contribution is 2.30. The molecule has 0 bridgehead atoms. The van der Waals surface area contributed by atoms with Crippen LogP contribution in [-0.2, 0) is 4.79 Å². The van der Waals surface area contributed by atoms with E-state index in [0.29, 0.717) is 0 Å². The highest BCUT2D eigenvalue weighted by atomic mass is 32.2. The van der Waals surface area contributed by atoms with Crippen molar-refractivity contribution < 1.29 is 4.79 Å². The molecule has 3 heteroatoms. The summed E-state index contributed by atoms with van der Waals surface area (Å²) in [4.78, 5) is 11.9. The van der Waals surface area contributed by atoms with Gasteiger partial charge in [-0.1, -0.05) is 18.2 Å². The lowest BCUT2D eigenvalue weighted by Gasteiger charge is -2.21. The number of fused-ring (bicyclic) bond motifs is 1. The van der Waals surface area contributed by atoms with E-state index in [-0.39, 0.29) is 6.04 Å². The van der Waals surface area contributed by atoms with Gasteiger partial charge in [0.15, 0.2) is 0 Å². The van der Waals surface area contributed by atoms with E-state index in [1.165, 1.54) is 4.90 Å². The first kappa shape index (κ1) is 7.83. The number of carbonyl (C=O) groups is 1. The molecule has 2 nitrogen and oxygen atoms in total. The lowest BCUT2D eigenvalue weighted by Crippen LogP contribution is -2.26. The average Bonchev–Trinajstić information content (AvgIpc) is 2.17. The largest absolute Gasteiger partial charge is 0.301 e. The van der Waals surface area contributed by atoms with Gasteiger partial charge in [0.1, 0.15) is 6.29 Å². The minimum atomic E-state index is -0.109. The Kier molecular flexibility index (Phi) is 2.15. The molecule has 0 saturated carbocycles. The van der Waals surface area contributed by atoms with Crippen LogP contribution in [0.15, 0.2) is 29.2 Å². The molecule has 0 spiro atoms. The van der Waals surface area contributed by atoms with Crippen LogP contribution in [0, 0.1) is 0 Å². The van der Waals surface area contributed by atoms with Crippen LogP contribution in [0.25, 0.3) is 0 Å². The van der Waals surface area contributed by atoms with Crippen LogP contribution >= 0.6 is 11.8 Å². The maximum atomic E-state index is 10.7. The Bertz CT molecular complexity index is 300. The summed E-state index contributed by atoms with van der Waals surface area (Å²) in [6.45, 7) is 0. The Morgan fingerprint density at radius 1 is 1.50 bits per heavy atom. The third-order valence-corrected chi connectivity index (χ3v) is 2.91. The maximum Gasteiger partial charge on any atom is 0.141 e. The van der Waals surface area contributed by atoms with E-state index in [4.69, 9.17) is 0 Å². The van der Waals surface area contributed by atoms with E-state index in [1.807, 2.05) is 18.2 Å². The smallest absolute Gasteiger partial charge is 0.141 e. The monoisotopic (exact) mass is 179 g/mol. The fraction of sp³-hybridized carbons (Fsp3) is 0.222. The van der Waals surface area contributed by atoms with Crippen LogP contribution in [0.1, 0.15) is 11.6 Å². The predicted octanol–water partition coefficient (Wildman–Crippen LogP) is 1.58. The van der Waals surface area contributed by atoms with Crippen LogP contribution in [0.4, 0.5) is 0 Å². The molecule has 1 aliphatic rings. The second-order valence-electron chi connectivity index (χ2n) is 2.64. The first-order valence-corrected chi connectivity index (χ1v) is 4.81. The van der Waals surface area contributed by atoms with E-state index >= 15 is 0 Å². The highest BCUT2D eigenvalue weighted by molar-refractivity contribution is 7.99. The molecular formula is C9H9NOS. The van der Waals surface area contributed by atoms with E-state index < -0.39 is 0 Å². The fourth-order valence-corrected chi connectivity index (χ4v) is 2.26. The van der Waals surface area contributed by atoms with Crippen molar-refractivity contribution in [2.75, 3.05) is 5.88 Å². The van der Waals surface area contributed by atoms with Crippen molar-refractivity contribution in [3.8, 4) is 0 Å². The number of benzene rings is 1. The quantitative estimate of drug-likeness (QED) is 0.664. The van der Waals surface area contributed by atoms with Gasteiger partial charge in [-0.3, -0.25) is 5.32 Å². The van der Waals surface area contributed by atoms with Crippen LogP contribution in [0.2, 0.25) is 0 Å². The Labute approximate surface area is 75.4 Å². The number of hydrogen-bond donors (Lipinski definition) is 1. The number of carbonyl (C=O) groups excluding carboxylic acids is 1. The SMILES string of the molecule is O=CC1NCSc2ccccc21. The lowest BCUT2D eigenvalue weighted by atomic mass is 10.1. The summed E-state index contributed by atoms with van der Waals surface area (Å²) in [5.41, 5.74) is 1.10. The Morgan fingerprint density at radius 3 is 3.17 bits per heavy atom. The molecule has 1 heterocycles. The molecular weight excluding hydrogens is 170 g/mol. The van der Waals surface area contributed by atoms with E-state index in [9.17, 15) is 4.79 Å². The molecule has 1 aliphatic heterocycles. The van der Waals surface area contributed by atoms with Gasteiger partial charge in [0.25, 0.3) is 0 Å². The van der Waals surface area contributed by atoms with Crippen LogP contribution < -0.4 is 5.32 Å². The first-order chi connectivity index (χ1) is 5.92. The van der Waals surface area contributed by atoms with E-state index in [0.717, 1.165) is 17.7 Å². The van der Waals surface area contributed by atoms with Gasteiger partial charge >= 0.3 is 0 Å². The van der Waals surface area contributed by atoms with Gasteiger partial charge in [-0.15, -0.1) is 11.8 Å². The van der Waals surface area contributed by atoms with Crippen molar-refractivity contribution in [2.24, 2.45) is 0 Å². The standard InChI is InChI=1S/C9H9NOS/c11-5-8-7-3-1-2-4-9(7)12-6-10-8/h1-5,8,10H,6H2. The average molecular weight is 179 g/mol. The van der Waals surface area contributed by atoms with Gasteiger partial charge in [-0.05, 0) is 11.6 Å². The summed E-state index contributed by atoms with van der Waals surface area (Å²) >= 11 is 1.74. The molecule has 0 fully saturated rings. The van der Waals surface area contributed by atoms with E-state index in [1.54, 1.807) is 11.8 Å². The molecule has 0 radical (unpaired) electrons. The first-order valence-electron chi connectivity index (χ1n) is 3.82. The number of rotatable bonds is 1. The summed E-state index contributed by atoms with van der Waals surface area (Å²) < 4.78 is 0. The fourth-order valence-electron chi connectivity index (χ4n) is 1.31. The molecule has 0 aromatic heterocycles. The minimum absolute atomic E-state index is 0.109. The minimum Gasteiger partial charge on any atom is -0.301 e. The summed E-state index contributed by atoms with van der Waals surface area (Å²) in [5.74, 6) is 0.820. The van der Waals surface area contributed by atoms with Crippen LogP contribution in [-0.4, -0.2) is 12.2 Å². The zero-order chi connectivity index (χ0) is 8.39. The maximum absolute atomic E-state index is 10.7. The number of nitrogens with one attached hydrogen (secondary N) is 1. The molecule has 12 heavy (non-hydrogen) atoms. The summed E-state index contributed by atoms with van der Waals surface area (Å²) in [7, 11) is 0. The molecule has 0 saturated heterocycles. The third kappa shape index (κ3) is 1.26. The van der Waals surface area contributed by atoms with Crippen molar-refractivity contribution in [1.82, 2.24) is 5.32 Å². The molecule has 0 aliphatic carbocycles. The zero-order valence-corrected chi connectivity index (χ0v) is 7.30. The summed E-state index contributed by atoms with van der Waals surface area (Å²) in [6, 6.07) is 7.90. The molecule has 1 aromatic carbocycles. The number of thioether (sulfide) groups is 1. The summed E-state index contributed by atoms with van der Waals surface area (Å²) in [5, 5.41) is 3.12. The van der Waals surface area contributed by atoms with Crippen molar-refractivity contribution in [1.29, 1.82) is 0 Å². The molecule has 1 unspecified atom stereocenters. The lowest BCUT2D eigenvalue weighted by molar-refractivity contribution is -0.109. The van der Waals surface area contributed by atoms with Gasteiger partial charge in [0, 0.05) is 10.8 Å². The zero-order valence-electron chi connectivity index (χ0n) is 6.49. The molecule has 1 N–H and O–H groups in total. The molecule has 1 aromatic rings. The summed E-state index contributed by atoms with van der Waals surface area (Å²) in [6.07, 6.45) is 0.957. The highest BCUT2D eigenvalue weighted by Gasteiger charge is 2.17. The second-order valence-corrected chi connectivity index (χ2v) is 3.66. The van der Waals surface area contributed by atoms with Crippen molar-refractivity contribution in [2.45, 2.75) is 10.9 Å². The van der Waals surface area contributed by atoms with Crippen LogP contribution in [0.3, 0.4) is 0 Å². The van der Waals surface area contributed by atoms with Gasteiger partial charge in [-0.25, -0.2) is 0 Å². The van der Waals surface area contributed by atoms with Gasteiger partial charge in [-0.2, -0.15) is 0 Å². The van der Waals surface area contributed by atoms with Crippen molar-refractivity contribution >= 4 is 18.0 Å². The second kappa shape index (κ2) is 3.29. The normalized spacial score (nSPS) is 21.5. The van der Waals surface area contributed by atoms with Gasteiger partial charge in [0.05, 0.1) is 6.04 Å². The van der Waals surface area contributed by atoms with Gasteiger partial charge in [0.2, 0.25) is 0 Å². The number of hydrogen-bond acceptors (Lipinski definition) is 3. The molecule has 1 atom stereocenters. The Morgan fingerprint density at radius 2 is 2.33 bits per heavy atom. The number of aldehydes is 1. The molecule has 2 rings (SSSR count). The van der Waals surface area contributed by atoms with Crippen molar-refractivity contribution in [3.05, 3.63) is 29.8 Å². The molecule has 0 amide bonds. The van der Waals surface area contributed by atoms with Gasteiger partial charge < -0.3 is 4.79 Å². The van der Waals surface area contributed by atoms with Crippen LogP contribution in [0.5, 0.6) is 0 Å². The Balaban J connectivity index is 2.43. The third-order valence-electron chi connectivity index (χ3n) is 1.92. The topological polar surface area (TPSA) is 29.1 Å². The predicted molar refractivity (Wildman–Crippen MR) is 49.1 cm³/mol. The van der Waals surface area contributed by atoms with Crippen molar-refractivity contribution in [3.63, 3.8) is 0 Å². The van der Waals surface area contributed by atoms with E-state index in [2.05, 4.69) is 11.4 Å². The Hall–Kier alpha value is -0.800.